The Morgan fingerprint density at radius 3 is 2.07 bits per heavy atom. The molecule has 3 N–H and O–H groups in total. The summed E-state index contributed by atoms with van der Waals surface area (Å²) in [4.78, 5) is 42.8. The van der Waals surface area contributed by atoms with E-state index in [-0.39, 0.29) is 23.4 Å². The van der Waals surface area contributed by atoms with Crippen LogP contribution in [-0.2, 0) is 0 Å². The Morgan fingerprint density at radius 1 is 0.744 bits per heavy atom. The van der Waals surface area contributed by atoms with Gasteiger partial charge in [-0.3, -0.25) is 9.59 Å². The SMILES string of the molecule is O=C(O)c1ccc2c(c1)nc(-c1cccc(C(=O)Nc3ccccc3NC(=O)c3ccc(Cl)cc3)c1)n2C1CCCCC1. The van der Waals surface area contributed by atoms with Gasteiger partial charge in [-0.15, -0.1) is 0 Å². The van der Waals surface area contributed by atoms with Crippen LogP contribution in [0.1, 0.15) is 69.2 Å². The quantitative estimate of drug-likeness (QED) is 0.177. The molecule has 1 heterocycles. The molecule has 1 aromatic heterocycles. The van der Waals surface area contributed by atoms with Gasteiger partial charge in [-0.05, 0) is 79.6 Å². The highest BCUT2D eigenvalue weighted by Crippen LogP contribution is 2.36. The molecule has 9 heteroatoms. The van der Waals surface area contributed by atoms with Crippen molar-refractivity contribution >= 4 is 51.8 Å². The number of hydrogen-bond acceptors (Lipinski definition) is 4. The predicted octanol–water partition coefficient (Wildman–Crippen LogP) is 8.06. The minimum absolute atomic E-state index is 0.183. The van der Waals surface area contributed by atoms with Gasteiger partial charge < -0.3 is 20.3 Å². The highest BCUT2D eigenvalue weighted by molar-refractivity contribution is 6.30. The van der Waals surface area contributed by atoms with Crippen LogP contribution in [0.15, 0.2) is 91.0 Å². The van der Waals surface area contributed by atoms with E-state index in [1.54, 1.807) is 72.8 Å². The molecule has 0 radical (unpaired) electrons. The average molecular weight is 593 g/mol. The van der Waals surface area contributed by atoms with E-state index in [2.05, 4.69) is 15.2 Å². The van der Waals surface area contributed by atoms with Crippen LogP contribution in [0.3, 0.4) is 0 Å². The first-order chi connectivity index (χ1) is 20.9. The standard InChI is InChI=1S/C34H29ClN4O4/c35-25-16-13-21(14-17-25)32(40)37-27-11-4-5-12-28(27)38-33(41)23-8-6-7-22(19-23)31-36-29-20-24(34(42)43)15-18-30(29)39(31)26-9-2-1-3-10-26/h4-8,11-20,26H,1-3,9-10H2,(H,37,40)(H,38,41)(H,42,43). The molecule has 1 saturated carbocycles. The maximum absolute atomic E-state index is 13.5. The maximum atomic E-state index is 13.5. The Labute approximate surface area is 253 Å². The van der Waals surface area contributed by atoms with Crippen molar-refractivity contribution < 1.29 is 19.5 Å². The first-order valence-electron chi connectivity index (χ1n) is 14.2. The number of fused-ring (bicyclic) bond motifs is 1. The lowest BCUT2D eigenvalue weighted by Crippen LogP contribution is -2.17. The largest absolute Gasteiger partial charge is 0.478 e. The van der Waals surface area contributed by atoms with E-state index in [1.807, 2.05) is 18.2 Å². The summed E-state index contributed by atoms with van der Waals surface area (Å²) in [7, 11) is 0. The van der Waals surface area contributed by atoms with Gasteiger partial charge in [-0.1, -0.05) is 55.1 Å². The van der Waals surface area contributed by atoms with Gasteiger partial charge in [0.25, 0.3) is 11.8 Å². The van der Waals surface area contributed by atoms with Gasteiger partial charge in [0.05, 0.1) is 28.0 Å². The van der Waals surface area contributed by atoms with Crippen molar-refractivity contribution in [3.63, 3.8) is 0 Å². The normalized spacial score (nSPS) is 13.5. The van der Waals surface area contributed by atoms with Crippen molar-refractivity contribution in [1.29, 1.82) is 0 Å². The first-order valence-corrected chi connectivity index (χ1v) is 14.6. The number of carbonyl (C=O) groups is 3. The van der Waals surface area contributed by atoms with Crippen LogP contribution in [0.2, 0.25) is 5.02 Å². The second-order valence-corrected chi connectivity index (χ2v) is 11.1. The van der Waals surface area contributed by atoms with Gasteiger partial charge >= 0.3 is 5.97 Å². The number of rotatable bonds is 7. The van der Waals surface area contributed by atoms with Gasteiger partial charge in [0.2, 0.25) is 0 Å². The summed E-state index contributed by atoms with van der Waals surface area (Å²) in [6, 6.07) is 26.1. The molecule has 0 unspecified atom stereocenters. The molecule has 5 aromatic rings. The Bertz CT molecular complexity index is 1840. The molecule has 1 aliphatic carbocycles. The fourth-order valence-electron chi connectivity index (χ4n) is 5.64. The van der Waals surface area contributed by atoms with Crippen LogP contribution in [0.25, 0.3) is 22.4 Å². The number of carbonyl (C=O) groups excluding carboxylic acids is 2. The highest BCUT2D eigenvalue weighted by Gasteiger charge is 2.24. The molecule has 6 rings (SSSR count). The van der Waals surface area contributed by atoms with E-state index >= 15 is 0 Å². The molecule has 8 nitrogen and oxygen atoms in total. The van der Waals surface area contributed by atoms with Crippen molar-refractivity contribution in [2.24, 2.45) is 0 Å². The number of carboxylic acid groups (broad SMARTS) is 1. The zero-order valence-electron chi connectivity index (χ0n) is 23.2. The lowest BCUT2D eigenvalue weighted by molar-refractivity contribution is 0.0696. The molecule has 0 atom stereocenters. The summed E-state index contributed by atoms with van der Waals surface area (Å²) in [5.74, 6) is -0.967. The third kappa shape index (κ3) is 6.01. The van der Waals surface area contributed by atoms with E-state index in [0.29, 0.717) is 38.9 Å². The second kappa shape index (κ2) is 12.1. The third-order valence-electron chi connectivity index (χ3n) is 7.79. The third-order valence-corrected chi connectivity index (χ3v) is 8.04. The molecule has 1 aliphatic rings. The number of anilines is 2. The molecular weight excluding hydrogens is 564 g/mol. The van der Waals surface area contributed by atoms with E-state index in [9.17, 15) is 19.5 Å². The number of halogens is 1. The first kappa shape index (κ1) is 28.2. The highest BCUT2D eigenvalue weighted by atomic mass is 35.5. The summed E-state index contributed by atoms with van der Waals surface area (Å²) >= 11 is 5.95. The Kier molecular flexibility index (Phi) is 7.94. The Hall–Kier alpha value is -4.95. The summed E-state index contributed by atoms with van der Waals surface area (Å²) in [5, 5.41) is 15.9. The molecule has 0 aliphatic heterocycles. The lowest BCUT2D eigenvalue weighted by atomic mass is 9.94. The number of nitrogens with zero attached hydrogens (tertiary/aromatic N) is 2. The van der Waals surface area contributed by atoms with Crippen molar-refractivity contribution in [3.05, 3.63) is 113 Å². The van der Waals surface area contributed by atoms with Crippen LogP contribution >= 0.6 is 11.6 Å². The zero-order valence-corrected chi connectivity index (χ0v) is 24.0. The molecule has 0 bridgehead atoms. The fraction of sp³-hybridized carbons (Fsp3) is 0.176. The summed E-state index contributed by atoms with van der Waals surface area (Å²) in [5.41, 5.74) is 4.21. The number of imidazole rings is 1. The van der Waals surface area contributed by atoms with Gasteiger partial charge in [0.1, 0.15) is 5.82 Å². The van der Waals surface area contributed by atoms with Crippen molar-refractivity contribution in [3.8, 4) is 11.4 Å². The van der Waals surface area contributed by atoms with Crippen LogP contribution in [0.5, 0.6) is 0 Å². The number of aromatic carboxylic acids is 1. The maximum Gasteiger partial charge on any atom is 0.335 e. The van der Waals surface area contributed by atoms with E-state index < -0.39 is 5.97 Å². The molecule has 4 aromatic carbocycles. The smallest absolute Gasteiger partial charge is 0.335 e. The average Bonchev–Trinajstić information content (AvgIpc) is 3.42. The van der Waals surface area contributed by atoms with Gasteiger partial charge in [-0.25, -0.2) is 9.78 Å². The van der Waals surface area contributed by atoms with Gasteiger partial charge in [0.15, 0.2) is 0 Å². The lowest BCUT2D eigenvalue weighted by Gasteiger charge is -2.25. The number of hydrogen-bond donors (Lipinski definition) is 3. The molecule has 43 heavy (non-hydrogen) atoms. The molecule has 2 amide bonds. The minimum atomic E-state index is -1.00. The van der Waals surface area contributed by atoms with Crippen molar-refractivity contribution in [1.82, 2.24) is 9.55 Å². The second-order valence-electron chi connectivity index (χ2n) is 10.6. The van der Waals surface area contributed by atoms with Crippen molar-refractivity contribution in [2.45, 2.75) is 38.1 Å². The van der Waals surface area contributed by atoms with Gasteiger partial charge in [-0.2, -0.15) is 0 Å². The summed E-state index contributed by atoms with van der Waals surface area (Å²) < 4.78 is 2.21. The minimum Gasteiger partial charge on any atom is -0.478 e. The molecule has 1 fully saturated rings. The Balaban J connectivity index is 1.30. The van der Waals surface area contributed by atoms with Crippen LogP contribution in [0, 0.1) is 0 Å². The topological polar surface area (TPSA) is 113 Å². The van der Waals surface area contributed by atoms with E-state index in [1.165, 1.54) is 6.42 Å². The number of amides is 2. The number of benzene rings is 4. The van der Waals surface area contributed by atoms with Crippen LogP contribution in [-0.4, -0.2) is 32.4 Å². The monoisotopic (exact) mass is 592 g/mol. The number of nitrogens with one attached hydrogen (secondary N) is 2. The van der Waals surface area contributed by atoms with Crippen molar-refractivity contribution in [2.75, 3.05) is 10.6 Å². The predicted molar refractivity (Wildman–Crippen MR) is 168 cm³/mol. The number of aromatic nitrogens is 2. The summed E-state index contributed by atoms with van der Waals surface area (Å²) in [6.07, 6.45) is 5.45. The van der Waals surface area contributed by atoms with Gasteiger partial charge in [0, 0.05) is 27.8 Å². The zero-order chi connectivity index (χ0) is 29.9. The molecule has 0 spiro atoms. The number of carboxylic acids is 1. The Morgan fingerprint density at radius 2 is 1.40 bits per heavy atom. The molecule has 216 valence electrons. The van der Waals surface area contributed by atoms with Crippen LogP contribution < -0.4 is 10.6 Å². The van der Waals surface area contributed by atoms with E-state index in [4.69, 9.17) is 16.6 Å². The summed E-state index contributed by atoms with van der Waals surface area (Å²) in [6.45, 7) is 0. The molecule has 0 saturated heterocycles. The number of para-hydroxylation sites is 2. The van der Waals surface area contributed by atoms with Crippen LogP contribution in [0.4, 0.5) is 11.4 Å². The molecular formula is C34H29ClN4O4. The van der Waals surface area contributed by atoms with E-state index in [0.717, 1.165) is 36.8 Å². The fourth-order valence-corrected chi connectivity index (χ4v) is 5.76.